The lowest BCUT2D eigenvalue weighted by atomic mass is 9.96. The summed E-state index contributed by atoms with van der Waals surface area (Å²) in [5.74, 6) is 0.937. The van der Waals surface area contributed by atoms with Crippen LogP contribution in [0.4, 0.5) is 0 Å². The Morgan fingerprint density at radius 3 is 2.93 bits per heavy atom. The Morgan fingerprint density at radius 1 is 1.31 bits per heavy atom. The Morgan fingerprint density at radius 2 is 2.17 bits per heavy atom. The first-order chi connectivity index (χ1) is 14.1. The molecule has 7 heteroatoms. The van der Waals surface area contributed by atoms with Crippen LogP contribution in [0.25, 0.3) is 0 Å². The molecule has 2 N–H and O–H groups in total. The van der Waals surface area contributed by atoms with Gasteiger partial charge in [0.15, 0.2) is 5.96 Å². The van der Waals surface area contributed by atoms with E-state index in [2.05, 4.69) is 39.2 Å². The van der Waals surface area contributed by atoms with Crippen molar-refractivity contribution in [1.29, 1.82) is 0 Å². The number of hydrogen-bond donors (Lipinski definition) is 2. The second-order valence-electron chi connectivity index (χ2n) is 7.83. The van der Waals surface area contributed by atoms with Gasteiger partial charge in [-0.1, -0.05) is 23.7 Å². The molecule has 29 heavy (non-hydrogen) atoms. The molecule has 1 aliphatic heterocycles. The van der Waals surface area contributed by atoms with Gasteiger partial charge in [0.2, 0.25) is 5.91 Å². The number of nitrogens with one attached hydrogen (secondary N) is 2. The third-order valence-corrected chi connectivity index (χ3v) is 7.16. The minimum atomic E-state index is 0.143. The first kappa shape index (κ1) is 20.2. The lowest BCUT2D eigenvalue weighted by molar-refractivity contribution is -0.131. The Hall–Kier alpha value is -2.05. The molecule has 0 atom stereocenters. The van der Waals surface area contributed by atoms with E-state index in [0.29, 0.717) is 13.0 Å². The van der Waals surface area contributed by atoms with Crippen molar-refractivity contribution < 1.29 is 4.79 Å². The van der Waals surface area contributed by atoms with Gasteiger partial charge in [0.05, 0.1) is 0 Å². The number of rotatable bonds is 6. The van der Waals surface area contributed by atoms with Crippen LogP contribution in [0.15, 0.2) is 40.7 Å². The van der Waals surface area contributed by atoms with Gasteiger partial charge in [0.1, 0.15) is 0 Å². The molecule has 1 aromatic carbocycles. The molecule has 1 aromatic heterocycles. The number of carbonyl (C=O) groups excluding carboxylic acids is 1. The lowest BCUT2D eigenvalue weighted by Gasteiger charge is -2.27. The van der Waals surface area contributed by atoms with Crippen molar-refractivity contribution in [3.05, 3.63) is 56.7 Å². The van der Waals surface area contributed by atoms with Crippen LogP contribution >= 0.6 is 22.9 Å². The summed E-state index contributed by atoms with van der Waals surface area (Å²) in [7, 11) is 1.76. The van der Waals surface area contributed by atoms with Crippen LogP contribution in [0, 0.1) is 0 Å². The van der Waals surface area contributed by atoms with Crippen LogP contribution < -0.4 is 10.6 Å². The van der Waals surface area contributed by atoms with Crippen molar-refractivity contribution in [3.63, 3.8) is 0 Å². The quantitative estimate of drug-likeness (QED) is 0.544. The highest BCUT2D eigenvalue weighted by Gasteiger charge is 2.44. The molecule has 0 unspecified atom stereocenters. The Labute approximate surface area is 181 Å². The summed E-state index contributed by atoms with van der Waals surface area (Å²) in [6.45, 7) is 2.96. The van der Waals surface area contributed by atoms with E-state index in [1.807, 2.05) is 17.0 Å². The molecular weight excluding hydrogens is 404 g/mol. The number of thiophene rings is 1. The molecule has 1 saturated carbocycles. The van der Waals surface area contributed by atoms with Crippen LogP contribution in [0.5, 0.6) is 0 Å². The van der Waals surface area contributed by atoms with Crippen LogP contribution in [0.3, 0.4) is 0 Å². The maximum Gasteiger partial charge on any atom is 0.224 e. The van der Waals surface area contributed by atoms with Crippen molar-refractivity contribution in [2.75, 3.05) is 26.7 Å². The van der Waals surface area contributed by atoms with Crippen LogP contribution in [0.1, 0.15) is 35.3 Å². The Kier molecular flexibility index (Phi) is 6.11. The van der Waals surface area contributed by atoms with Gasteiger partial charge in [-0.3, -0.25) is 9.79 Å². The monoisotopic (exact) mass is 430 g/mol. The fourth-order valence-corrected chi connectivity index (χ4v) is 5.00. The predicted octanol–water partition coefficient (Wildman–Crippen LogP) is 3.57. The maximum absolute atomic E-state index is 12.6. The molecule has 0 saturated heterocycles. The Bertz CT molecular complexity index is 906. The standard InChI is InChI=1S/C22H27ClN4OS/c1-24-21(26-15-22(8-9-22)17-3-2-4-18(23)13-17)25-10-5-20(28)27-11-6-19-16(14-27)7-12-29-19/h2-4,7,12-13H,5-6,8-11,14-15H2,1H3,(H2,24,25,26). The van der Waals surface area contributed by atoms with E-state index in [0.717, 1.165) is 49.9 Å². The lowest BCUT2D eigenvalue weighted by Crippen LogP contribution is -2.43. The second-order valence-corrected chi connectivity index (χ2v) is 9.26. The van der Waals surface area contributed by atoms with Crippen molar-refractivity contribution in [2.24, 2.45) is 4.99 Å². The molecule has 2 aromatic rings. The van der Waals surface area contributed by atoms with Crippen molar-refractivity contribution >= 4 is 34.8 Å². The SMILES string of the molecule is CN=C(NCCC(=O)N1CCc2sccc2C1)NCC1(c2cccc(Cl)c2)CC1. The molecular formula is C22H27ClN4OS. The molecule has 0 radical (unpaired) electrons. The molecule has 0 bridgehead atoms. The van der Waals surface area contributed by atoms with Crippen molar-refractivity contribution in [2.45, 2.75) is 37.6 Å². The zero-order valence-electron chi connectivity index (χ0n) is 16.7. The van der Waals surface area contributed by atoms with Gasteiger partial charge in [0.25, 0.3) is 0 Å². The highest BCUT2D eigenvalue weighted by atomic mass is 35.5. The van der Waals surface area contributed by atoms with E-state index < -0.39 is 0 Å². The normalized spacial score (nSPS) is 17.6. The molecule has 1 aliphatic carbocycles. The number of amides is 1. The first-order valence-electron chi connectivity index (χ1n) is 10.1. The van der Waals surface area contributed by atoms with E-state index in [-0.39, 0.29) is 11.3 Å². The number of guanidine groups is 1. The topological polar surface area (TPSA) is 56.7 Å². The maximum atomic E-state index is 12.6. The van der Waals surface area contributed by atoms with E-state index in [4.69, 9.17) is 11.6 Å². The summed E-state index contributed by atoms with van der Waals surface area (Å²) in [6.07, 6.45) is 3.74. The summed E-state index contributed by atoms with van der Waals surface area (Å²) >= 11 is 7.95. The molecule has 154 valence electrons. The number of fused-ring (bicyclic) bond motifs is 1. The van der Waals surface area contributed by atoms with Crippen LogP contribution in [0.2, 0.25) is 5.02 Å². The summed E-state index contributed by atoms with van der Waals surface area (Å²) < 4.78 is 0. The van der Waals surface area contributed by atoms with E-state index in [9.17, 15) is 4.79 Å². The Balaban J connectivity index is 1.23. The van der Waals surface area contributed by atoms with Crippen LogP contribution in [-0.4, -0.2) is 43.4 Å². The predicted molar refractivity (Wildman–Crippen MR) is 120 cm³/mol. The average molecular weight is 431 g/mol. The van der Waals surface area contributed by atoms with Gasteiger partial charge in [-0.2, -0.15) is 0 Å². The molecule has 5 nitrogen and oxygen atoms in total. The highest BCUT2D eigenvalue weighted by molar-refractivity contribution is 7.10. The van der Waals surface area contributed by atoms with Gasteiger partial charge >= 0.3 is 0 Å². The molecule has 1 amide bonds. The molecule has 0 spiro atoms. The number of carbonyl (C=O) groups is 1. The van der Waals surface area contributed by atoms with Gasteiger partial charge in [-0.05, 0) is 54.0 Å². The molecule has 4 rings (SSSR count). The molecule has 2 heterocycles. The summed E-state index contributed by atoms with van der Waals surface area (Å²) in [6, 6.07) is 10.3. The largest absolute Gasteiger partial charge is 0.356 e. The van der Waals surface area contributed by atoms with E-state index >= 15 is 0 Å². The molecule has 1 fully saturated rings. The van der Waals surface area contributed by atoms with E-state index in [1.165, 1.54) is 16.0 Å². The number of nitrogens with zero attached hydrogens (tertiary/aromatic N) is 2. The van der Waals surface area contributed by atoms with Crippen LogP contribution in [-0.2, 0) is 23.2 Å². The summed E-state index contributed by atoms with van der Waals surface area (Å²) in [5, 5.41) is 9.61. The number of benzene rings is 1. The second kappa shape index (κ2) is 8.76. The number of hydrogen-bond acceptors (Lipinski definition) is 3. The zero-order chi connectivity index (χ0) is 20.3. The fraction of sp³-hybridized carbons (Fsp3) is 0.455. The first-order valence-corrected chi connectivity index (χ1v) is 11.4. The minimum Gasteiger partial charge on any atom is -0.356 e. The summed E-state index contributed by atoms with van der Waals surface area (Å²) in [4.78, 5) is 20.3. The average Bonchev–Trinajstić information content (AvgIpc) is 3.38. The fourth-order valence-electron chi connectivity index (χ4n) is 3.92. The van der Waals surface area contributed by atoms with E-state index in [1.54, 1.807) is 18.4 Å². The summed E-state index contributed by atoms with van der Waals surface area (Å²) in [5.41, 5.74) is 2.72. The third kappa shape index (κ3) is 4.75. The minimum absolute atomic E-state index is 0.143. The van der Waals surface area contributed by atoms with Gasteiger partial charge in [-0.25, -0.2) is 0 Å². The smallest absolute Gasteiger partial charge is 0.224 e. The number of halogens is 1. The number of aliphatic imine (C=N–C) groups is 1. The van der Waals surface area contributed by atoms with Crippen molar-refractivity contribution in [3.8, 4) is 0 Å². The molecule has 2 aliphatic rings. The van der Waals surface area contributed by atoms with Gasteiger partial charge < -0.3 is 15.5 Å². The third-order valence-electron chi connectivity index (χ3n) is 5.90. The van der Waals surface area contributed by atoms with Gasteiger partial charge in [0, 0.05) is 55.0 Å². The van der Waals surface area contributed by atoms with Crippen molar-refractivity contribution in [1.82, 2.24) is 15.5 Å². The zero-order valence-corrected chi connectivity index (χ0v) is 18.3. The van der Waals surface area contributed by atoms with Gasteiger partial charge in [-0.15, -0.1) is 11.3 Å². The highest BCUT2D eigenvalue weighted by Crippen LogP contribution is 2.48.